The Balaban J connectivity index is 2.00. The van der Waals surface area contributed by atoms with E-state index in [1.165, 1.54) is 6.08 Å². The molecule has 0 aliphatic rings. The number of nitrogens with one attached hydrogen (secondary N) is 2. The molecule has 0 unspecified atom stereocenters. The van der Waals surface area contributed by atoms with E-state index in [0.29, 0.717) is 17.3 Å². The summed E-state index contributed by atoms with van der Waals surface area (Å²) in [6.07, 6.45) is 3.08. The Bertz CT molecular complexity index is 707. The number of amides is 1. The summed E-state index contributed by atoms with van der Waals surface area (Å²) >= 11 is 0. The lowest BCUT2D eigenvalue weighted by molar-refractivity contribution is -0.111. The van der Waals surface area contributed by atoms with E-state index in [1.807, 2.05) is 26.0 Å². The molecule has 1 aromatic carbocycles. The van der Waals surface area contributed by atoms with E-state index in [2.05, 4.69) is 21.6 Å². The molecule has 5 heteroatoms. The molecule has 0 aliphatic carbocycles. The molecule has 2 aromatic rings. The van der Waals surface area contributed by atoms with Gasteiger partial charge in [0.2, 0.25) is 5.91 Å². The number of carbonyl (C=O) groups is 1. The third-order valence-electron chi connectivity index (χ3n) is 2.91. The van der Waals surface area contributed by atoms with Crippen molar-refractivity contribution in [2.24, 2.45) is 0 Å². The summed E-state index contributed by atoms with van der Waals surface area (Å²) in [5.74, 6) is 0.561. The van der Waals surface area contributed by atoms with Gasteiger partial charge in [-0.15, -0.1) is 0 Å². The number of hydrogen-bond donors (Lipinski definition) is 2. The molecule has 21 heavy (non-hydrogen) atoms. The minimum Gasteiger partial charge on any atom is -0.306 e. The number of nitriles is 1. The van der Waals surface area contributed by atoms with Crippen LogP contribution in [0.25, 0.3) is 6.08 Å². The Kier molecular flexibility index (Phi) is 4.52. The molecule has 2 rings (SSSR count). The van der Waals surface area contributed by atoms with Crippen molar-refractivity contribution in [1.82, 2.24) is 10.2 Å². The van der Waals surface area contributed by atoms with E-state index in [0.717, 1.165) is 11.3 Å². The third kappa shape index (κ3) is 4.05. The van der Waals surface area contributed by atoms with Crippen molar-refractivity contribution in [3.05, 3.63) is 53.2 Å². The maximum Gasteiger partial charge on any atom is 0.249 e. The number of carbonyl (C=O) groups excluding carboxylic acids is 1. The highest BCUT2D eigenvalue weighted by molar-refractivity contribution is 6.01. The second-order valence-corrected chi connectivity index (χ2v) is 4.92. The molecule has 5 nitrogen and oxygen atoms in total. The molecule has 0 radical (unpaired) electrons. The van der Waals surface area contributed by atoms with Gasteiger partial charge in [0, 0.05) is 17.8 Å². The lowest BCUT2D eigenvalue weighted by Crippen LogP contribution is -2.07. The SMILES string of the molecule is CC(C)c1cc(NC(=O)/C=C/c2cccc(C#N)c2)n[nH]1. The van der Waals surface area contributed by atoms with E-state index >= 15 is 0 Å². The van der Waals surface area contributed by atoms with Gasteiger partial charge in [0.05, 0.1) is 11.6 Å². The van der Waals surface area contributed by atoms with Crippen LogP contribution >= 0.6 is 0 Å². The maximum atomic E-state index is 11.8. The number of benzene rings is 1. The van der Waals surface area contributed by atoms with Gasteiger partial charge in [-0.05, 0) is 29.7 Å². The average molecular weight is 280 g/mol. The summed E-state index contributed by atoms with van der Waals surface area (Å²) in [5.41, 5.74) is 2.33. The van der Waals surface area contributed by atoms with Crippen LogP contribution in [-0.2, 0) is 4.79 Å². The van der Waals surface area contributed by atoms with Crippen molar-refractivity contribution in [2.45, 2.75) is 19.8 Å². The molecule has 0 bridgehead atoms. The van der Waals surface area contributed by atoms with Crippen LogP contribution in [0, 0.1) is 11.3 Å². The Morgan fingerprint density at radius 3 is 2.90 bits per heavy atom. The molecule has 0 atom stereocenters. The lowest BCUT2D eigenvalue weighted by Gasteiger charge is -1.97. The second kappa shape index (κ2) is 6.53. The average Bonchev–Trinajstić information content (AvgIpc) is 2.94. The number of hydrogen-bond acceptors (Lipinski definition) is 3. The fourth-order valence-electron chi connectivity index (χ4n) is 1.75. The summed E-state index contributed by atoms with van der Waals surface area (Å²) in [7, 11) is 0. The first-order valence-electron chi connectivity index (χ1n) is 6.63. The maximum absolute atomic E-state index is 11.8. The van der Waals surface area contributed by atoms with Crippen LogP contribution in [0.15, 0.2) is 36.4 Å². The van der Waals surface area contributed by atoms with Crippen molar-refractivity contribution in [1.29, 1.82) is 5.26 Å². The summed E-state index contributed by atoms with van der Waals surface area (Å²) in [5, 5.41) is 18.4. The molecule has 0 aliphatic heterocycles. The number of nitrogens with zero attached hydrogens (tertiary/aromatic N) is 2. The first kappa shape index (κ1) is 14.5. The van der Waals surface area contributed by atoms with Gasteiger partial charge in [-0.3, -0.25) is 9.89 Å². The standard InChI is InChI=1S/C16H16N4O/c1-11(2)14-9-15(20-19-14)18-16(21)7-6-12-4-3-5-13(8-12)10-17/h3-9,11H,1-2H3,(H2,18,19,20,21)/b7-6+. The number of rotatable bonds is 4. The molecule has 1 heterocycles. The molecule has 0 saturated carbocycles. The zero-order chi connectivity index (χ0) is 15.2. The van der Waals surface area contributed by atoms with Gasteiger partial charge in [0.1, 0.15) is 0 Å². The van der Waals surface area contributed by atoms with Crippen LogP contribution in [-0.4, -0.2) is 16.1 Å². The molecule has 2 N–H and O–H groups in total. The Morgan fingerprint density at radius 2 is 2.24 bits per heavy atom. The zero-order valence-corrected chi connectivity index (χ0v) is 11.9. The van der Waals surface area contributed by atoms with E-state index in [-0.39, 0.29) is 5.91 Å². The quantitative estimate of drug-likeness (QED) is 0.844. The minimum atomic E-state index is -0.265. The van der Waals surface area contributed by atoms with Crippen LogP contribution in [0.1, 0.15) is 36.6 Å². The highest BCUT2D eigenvalue weighted by Gasteiger charge is 2.06. The minimum absolute atomic E-state index is 0.265. The van der Waals surface area contributed by atoms with Crippen molar-refractivity contribution < 1.29 is 4.79 Å². The topological polar surface area (TPSA) is 81.6 Å². The van der Waals surface area contributed by atoms with Crippen LogP contribution < -0.4 is 5.32 Å². The normalized spacial score (nSPS) is 10.8. The largest absolute Gasteiger partial charge is 0.306 e. The summed E-state index contributed by atoms with van der Waals surface area (Å²) in [6.45, 7) is 4.09. The highest BCUT2D eigenvalue weighted by atomic mass is 16.1. The van der Waals surface area contributed by atoms with Gasteiger partial charge >= 0.3 is 0 Å². The molecule has 1 aromatic heterocycles. The molecule has 0 fully saturated rings. The first-order valence-corrected chi connectivity index (χ1v) is 6.63. The zero-order valence-electron chi connectivity index (χ0n) is 11.9. The Hall–Kier alpha value is -2.87. The van der Waals surface area contributed by atoms with Crippen LogP contribution in [0.2, 0.25) is 0 Å². The molecule has 0 spiro atoms. The number of anilines is 1. The van der Waals surface area contributed by atoms with Gasteiger partial charge in [0.15, 0.2) is 5.82 Å². The first-order chi connectivity index (χ1) is 10.1. The van der Waals surface area contributed by atoms with Crippen LogP contribution in [0.5, 0.6) is 0 Å². The van der Waals surface area contributed by atoms with Gasteiger partial charge < -0.3 is 5.32 Å². The molecule has 106 valence electrons. The van der Waals surface area contributed by atoms with Gasteiger partial charge in [-0.1, -0.05) is 26.0 Å². The number of H-pyrrole nitrogens is 1. The molecule has 1 amide bonds. The Labute approximate surface area is 123 Å². The van der Waals surface area contributed by atoms with E-state index in [4.69, 9.17) is 5.26 Å². The van der Waals surface area contributed by atoms with Crippen molar-refractivity contribution >= 4 is 17.8 Å². The predicted molar refractivity (Wildman–Crippen MR) is 81.5 cm³/mol. The van der Waals surface area contributed by atoms with Crippen LogP contribution in [0.3, 0.4) is 0 Å². The second-order valence-electron chi connectivity index (χ2n) is 4.92. The third-order valence-corrected chi connectivity index (χ3v) is 2.91. The lowest BCUT2D eigenvalue weighted by atomic mass is 10.1. The van der Waals surface area contributed by atoms with E-state index in [1.54, 1.807) is 24.3 Å². The van der Waals surface area contributed by atoms with Gasteiger partial charge in [-0.2, -0.15) is 10.4 Å². The molecular weight excluding hydrogens is 264 g/mol. The summed E-state index contributed by atoms with van der Waals surface area (Å²) < 4.78 is 0. The number of aromatic amines is 1. The van der Waals surface area contributed by atoms with Gasteiger partial charge in [-0.25, -0.2) is 0 Å². The monoisotopic (exact) mass is 280 g/mol. The predicted octanol–water partition coefficient (Wildman–Crippen LogP) is 3.06. The summed E-state index contributed by atoms with van der Waals surface area (Å²) in [6, 6.07) is 10.9. The smallest absolute Gasteiger partial charge is 0.249 e. The van der Waals surface area contributed by atoms with E-state index < -0.39 is 0 Å². The van der Waals surface area contributed by atoms with Crippen molar-refractivity contribution in [2.75, 3.05) is 5.32 Å². The fourth-order valence-corrected chi connectivity index (χ4v) is 1.75. The summed E-state index contributed by atoms with van der Waals surface area (Å²) in [4.78, 5) is 11.8. The van der Waals surface area contributed by atoms with Gasteiger partial charge in [0.25, 0.3) is 0 Å². The van der Waals surface area contributed by atoms with Crippen molar-refractivity contribution in [3.8, 4) is 6.07 Å². The Morgan fingerprint density at radius 1 is 1.43 bits per heavy atom. The highest BCUT2D eigenvalue weighted by Crippen LogP contribution is 2.14. The molecular formula is C16H16N4O. The molecule has 0 saturated heterocycles. The van der Waals surface area contributed by atoms with Crippen molar-refractivity contribution in [3.63, 3.8) is 0 Å². The van der Waals surface area contributed by atoms with Crippen LogP contribution in [0.4, 0.5) is 5.82 Å². The number of aromatic nitrogens is 2. The van der Waals surface area contributed by atoms with E-state index in [9.17, 15) is 4.79 Å². The fraction of sp³-hybridized carbons (Fsp3) is 0.188.